The average molecular weight is 549 g/mol. The van der Waals surface area contributed by atoms with Crippen LogP contribution in [0.15, 0.2) is 59.3 Å². The van der Waals surface area contributed by atoms with E-state index in [0.717, 1.165) is 55.2 Å². The van der Waals surface area contributed by atoms with Crippen LogP contribution in [-0.4, -0.2) is 66.5 Å². The number of benzene rings is 2. The molecule has 1 aliphatic rings. The molecule has 0 saturated carbocycles. The van der Waals surface area contributed by atoms with E-state index >= 15 is 0 Å². The Morgan fingerprint density at radius 1 is 1.00 bits per heavy atom. The molecule has 0 atom stereocenters. The molecule has 212 valence electrons. The molecule has 1 N–H and O–H groups in total. The van der Waals surface area contributed by atoms with Gasteiger partial charge in [-0.15, -0.1) is 0 Å². The van der Waals surface area contributed by atoms with E-state index in [9.17, 15) is 4.79 Å². The van der Waals surface area contributed by atoms with Crippen molar-refractivity contribution < 1.29 is 28.2 Å². The molecule has 0 unspecified atom stereocenters. The molecular formula is C30H36N4O6. The Bertz CT molecular complexity index is 1380. The summed E-state index contributed by atoms with van der Waals surface area (Å²) in [6.07, 6.45) is 5.90. The van der Waals surface area contributed by atoms with Crippen LogP contribution in [0.2, 0.25) is 0 Å². The fourth-order valence-electron chi connectivity index (χ4n) is 4.96. The Labute approximate surface area is 233 Å². The van der Waals surface area contributed by atoms with Crippen LogP contribution >= 0.6 is 0 Å². The lowest BCUT2D eigenvalue weighted by atomic mass is 10.0. The van der Waals surface area contributed by atoms with Crippen molar-refractivity contribution >= 4 is 23.1 Å². The van der Waals surface area contributed by atoms with Gasteiger partial charge in [-0.05, 0) is 68.7 Å². The summed E-state index contributed by atoms with van der Waals surface area (Å²) in [5, 5.41) is 3.44. The first-order valence-electron chi connectivity index (χ1n) is 13.7. The number of carbonyl (C=O) groups excluding carboxylic acids is 1. The summed E-state index contributed by atoms with van der Waals surface area (Å²) in [7, 11) is 1.32. The highest BCUT2D eigenvalue weighted by Crippen LogP contribution is 2.36. The minimum Gasteiger partial charge on any atom is -0.492 e. The molecule has 1 fully saturated rings. The number of para-hydroxylation sites is 1. The number of aromatic nitrogens is 2. The molecule has 5 rings (SSSR count). The Morgan fingerprint density at radius 3 is 2.35 bits per heavy atom. The van der Waals surface area contributed by atoms with Crippen molar-refractivity contribution in [2.24, 2.45) is 0 Å². The Hall–Kier alpha value is -4.18. The van der Waals surface area contributed by atoms with Gasteiger partial charge in [-0.3, -0.25) is 4.90 Å². The number of hydrogen-bond donors (Lipinski definition) is 1. The van der Waals surface area contributed by atoms with E-state index in [2.05, 4.69) is 32.1 Å². The number of carbonyl (C=O) groups is 1. The second-order valence-corrected chi connectivity index (χ2v) is 9.58. The molecule has 0 radical (unpaired) electrons. The zero-order valence-electron chi connectivity index (χ0n) is 23.2. The number of ether oxygens (including phenoxy) is 4. The summed E-state index contributed by atoms with van der Waals surface area (Å²) in [4.78, 5) is 18.5. The Kier molecular flexibility index (Phi) is 8.75. The van der Waals surface area contributed by atoms with E-state index in [0.29, 0.717) is 36.1 Å². The first-order valence-corrected chi connectivity index (χ1v) is 13.7. The Balaban J connectivity index is 1.22. The van der Waals surface area contributed by atoms with Crippen molar-refractivity contribution in [2.75, 3.05) is 45.3 Å². The first-order chi connectivity index (χ1) is 19.6. The van der Waals surface area contributed by atoms with E-state index < -0.39 is 5.97 Å². The number of methoxy groups -OCH3 is 1. The molecule has 1 aliphatic heterocycles. The van der Waals surface area contributed by atoms with Gasteiger partial charge >= 0.3 is 5.97 Å². The van der Waals surface area contributed by atoms with E-state index in [1.165, 1.54) is 7.11 Å². The van der Waals surface area contributed by atoms with E-state index in [-0.39, 0.29) is 12.6 Å². The minimum atomic E-state index is -0.457. The third-order valence-corrected chi connectivity index (χ3v) is 6.84. The highest BCUT2D eigenvalue weighted by molar-refractivity contribution is 5.81. The lowest BCUT2D eigenvalue weighted by molar-refractivity contribution is -0.142. The molecule has 0 bridgehead atoms. The summed E-state index contributed by atoms with van der Waals surface area (Å²) in [5.74, 6) is 1.64. The van der Waals surface area contributed by atoms with Gasteiger partial charge in [-0.1, -0.05) is 6.07 Å². The highest BCUT2D eigenvalue weighted by Gasteiger charge is 2.23. The van der Waals surface area contributed by atoms with Crippen LogP contribution in [0, 0.1) is 0 Å². The van der Waals surface area contributed by atoms with Crippen molar-refractivity contribution in [3.05, 3.63) is 60.4 Å². The van der Waals surface area contributed by atoms with Gasteiger partial charge in [0.25, 0.3) is 6.01 Å². The highest BCUT2D eigenvalue weighted by atomic mass is 16.6. The number of likely N-dealkylation sites (tertiary alicyclic amines) is 1. The van der Waals surface area contributed by atoms with Gasteiger partial charge in [0.05, 0.1) is 20.3 Å². The van der Waals surface area contributed by atoms with Gasteiger partial charge in [0.1, 0.15) is 22.7 Å². The number of esters is 1. The molecule has 2 aromatic carbocycles. The van der Waals surface area contributed by atoms with Crippen LogP contribution < -0.4 is 19.5 Å². The number of rotatable bonds is 12. The molecule has 0 aliphatic carbocycles. The van der Waals surface area contributed by atoms with Crippen molar-refractivity contribution in [3.8, 4) is 22.9 Å². The number of oxazole rings is 1. The van der Waals surface area contributed by atoms with Crippen LogP contribution in [-0.2, 0) is 16.1 Å². The summed E-state index contributed by atoms with van der Waals surface area (Å²) >= 11 is 0. The monoisotopic (exact) mass is 548 g/mol. The van der Waals surface area contributed by atoms with Crippen LogP contribution in [0.5, 0.6) is 17.2 Å². The molecule has 4 aromatic rings. The second kappa shape index (κ2) is 12.8. The maximum atomic E-state index is 11.5. The quantitative estimate of drug-likeness (QED) is 0.244. The van der Waals surface area contributed by atoms with Crippen LogP contribution in [0.25, 0.3) is 16.8 Å². The van der Waals surface area contributed by atoms with Gasteiger partial charge in [0.15, 0.2) is 17.9 Å². The van der Waals surface area contributed by atoms with Crippen LogP contribution in [0.3, 0.4) is 0 Å². The molecule has 1 saturated heterocycles. The second-order valence-electron chi connectivity index (χ2n) is 9.58. The normalized spacial score (nSPS) is 14.3. The third-order valence-electron chi connectivity index (χ3n) is 6.84. The van der Waals surface area contributed by atoms with E-state index in [4.69, 9.17) is 18.6 Å². The minimum absolute atomic E-state index is 0.190. The van der Waals surface area contributed by atoms with E-state index in [1.54, 1.807) is 6.07 Å². The molecule has 10 nitrogen and oxygen atoms in total. The van der Waals surface area contributed by atoms with Gasteiger partial charge in [-0.25, -0.2) is 4.79 Å². The predicted octanol–water partition coefficient (Wildman–Crippen LogP) is 5.04. The topological polar surface area (TPSA) is 100 Å². The Morgan fingerprint density at radius 2 is 1.70 bits per heavy atom. The summed E-state index contributed by atoms with van der Waals surface area (Å²) in [5.41, 5.74) is 3.26. The lowest BCUT2D eigenvalue weighted by Crippen LogP contribution is -2.38. The molecule has 2 aromatic heterocycles. The third kappa shape index (κ3) is 6.34. The van der Waals surface area contributed by atoms with Crippen molar-refractivity contribution in [3.63, 3.8) is 0 Å². The number of nitrogens with one attached hydrogen (secondary N) is 1. The maximum absolute atomic E-state index is 11.5. The number of piperidine rings is 1. The largest absolute Gasteiger partial charge is 0.492 e. The summed E-state index contributed by atoms with van der Waals surface area (Å²) < 4.78 is 30.3. The fourth-order valence-corrected chi connectivity index (χ4v) is 4.96. The first kappa shape index (κ1) is 27.4. The molecular weight excluding hydrogens is 512 g/mol. The predicted molar refractivity (Wildman–Crippen MR) is 152 cm³/mol. The van der Waals surface area contributed by atoms with E-state index in [1.807, 2.05) is 55.1 Å². The lowest BCUT2D eigenvalue weighted by Gasteiger charge is -2.32. The van der Waals surface area contributed by atoms with Crippen molar-refractivity contribution in [1.29, 1.82) is 0 Å². The average Bonchev–Trinajstić information content (AvgIpc) is 3.63. The van der Waals surface area contributed by atoms with Gasteiger partial charge in [-0.2, -0.15) is 4.98 Å². The van der Waals surface area contributed by atoms with Crippen LogP contribution in [0.1, 0.15) is 32.3 Å². The molecule has 0 amide bonds. The fraction of sp³-hybridized carbons (Fsp3) is 0.400. The number of anilines is 1. The number of fused-ring (bicyclic) bond motifs is 1. The van der Waals surface area contributed by atoms with Gasteiger partial charge in [0.2, 0.25) is 0 Å². The SMILES string of the molecule is CCOc1cc(CN2CCC(Nc3nc4cccc(OCC(=O)OC)c4o3)CC2)cc(OCC)c1-n1cccc1. The van der Waals surface area contributed by atoms with Crippen molar-refractivity contribution in [2.45, 2.75) is 39.3 Å². The summed E-state index contributed by atoms with van der Waals surface area (Å²) in [6, 6.07) is 14.4. The number of nitrogens with zero attached hydrogens (tertiary/aromatic N) is 3. The van der Waals surface area contributed by atoms with Gasteiger partial charge in [0, 0.05) is 38.1 Å². The maximum Gasteiger partial charge on any atom is 0.343 e. The van der Waals surface area contributed by atoms with Gasteiger partial charge < -0.3 is 33.2 Å². The standard InChI is InChI=1S/C30H36N4O6/c1-4-37-25-17-21(18-26(38-5-2)28(25)34-13-6-7-14-34)19-33-15-11-22(12-16-33)31-30-32-23-9-8-10-24(29(23)40-30)39-20-27(35)36-3/h6-10,13-14,17-18,22H,4-5,11-12,15-16,19-20H2,1-3H3,(H,31,32). The summed E-state index contributed by atoms with van der Waals surface area (Å²) in [6.45, 7) is 7.63. The molecule has 40 heavy (non-hydrogen) atoms. The van der Waals surface area contributed by atoms with Crippen LogP contribution in [0.4, 0.5) is 6.01 Å². The molecule has 10 heteroatoms. The number of hydrogen-bond acceptors (Lipinski definition) is 9. The van der Waals surface area contributed by atoms with Crippen molar-refractivity contribution in [1.82, 2.24) is 14.5 Å². The zero-order chi connectivity index (χ0) is 27.9. The smallest absolute Gasteiger partial charge is 0.343 e. The molecule has 0 spiro atoms. The zero-order valence-corrected chi connectivity index (χ0v) is 23.2. The molecule has 3 heterocycles.